The van der Waals surface area contributed by atoms with E-state index < -0.39 is 0 Å². The lowest BCUT2D eigenvalue weighted by Crippen LogP contribution is -1.85. The first-order chi connectivity index (χ1) is 15.3. The van der Waals surface area contributed by atoms with Crippen molar-refractivity contribution in [3.05, 3.63) is 83.9 Å². The van der Waals surface area contributed by atoms with E-state index in [0.717, 1.165) is 5.02 Å². The Labute approximate surface area is 190 Å². The molecule has 31 heavy (non-hydrogen) atoms. The molecular formula is C28H13ClS2. The highest BCUT2D eigenvalue weighted by Crippen LogP contribution is 2.55. The smallest absolute Gasteiger partial charge is 0.0541 e. The maximum Gasteiger partial charge on any atom is 0.0541 e. The lowest BCUT2D eigenvalue weighted by atomic mass is 9.92. The molecule has 0 radical (unpaired) electrons. The second kappa shape index (κ2) is 5.66. The van der Waals surface area contributed by atoms with Crippen molar-refractivity contribution in [1.82, 2.24) is 0 Å². The van der Waals surface area contributed by atoms with E-state index in [-0.39, 0.29) is 0 Å². The lowest BCUT2D eigenvalue weighted by Gasteiger charge is -2.12. The normalized spacial score (nSPS) is 12.7. The number of thiophene rings is 2. The zero-order chi connectivity index (χ0) is 20.3. The molecule has 0 amide bonds. The van der Waals surface area contributed by atoms with Crippen LogP contribution in [0.5, 0.6) is 0 Å². The van der Waals surface area contributed by atoms with Crippen LogP contribution in [-0.2, 0) is 0 Å². The molecule has 7 aromatic rings. The fourth-order valence-corrected chi connectivity index (χ4v) is 8.24. The van der Waals surface area contributed by atoms with Gasteiger partial charge in [0, 0.05) is 36.0 Å². The summed E-state index contributed by atoms with van der Waals surface area (Å²) in [5.74, 6) is 0. The SMILES string of the molecule is Clc1ccc2c(c1)-c1cccc3sc4c5sc6ccccc6c5c5cccc-2c5c4c13. The summed E-state index contributed by atoms with van der Waals surface area (Å²) < 4.78 is 5.54. The van der Waals surface area contributed by atoms with E-state index in [1.165, 1.54) is 73.4 Å². The Balaban J connectivity index is 1.80. The molecule has 0 N–H and O–H groups in total. The third-order valence-corrected chi connectivity index (χ3v) is 9.39. The molecule has 1 aliphatic carbocycles. The number of benzene rings is 5. The largest absolute Gasteiger partial charge is 0.134 e. The van der Waals surface area contributed by atoms with Gasteiger partial charge in [-0.2, -0.15) is 0 Å². The number of fused-ring (bicyclic) bond motifs is 8. The number of hydrogen-bond donors (Lipinski definition) is 0. The standard InChI is InChI=1S/C28H13ClS2/c29-14-11-12-15-16-6-3-8-19-23(16)26-25-17(20(15)13-14)7-4-10-22(25)31-28(26)27-24(19)18-5-1-2-9-21(18)30-27/h1-13H. The van der Waals surface area contributed by atoms with E-state index in [4.69, 9.17) is 11.6 Å². The van der Waals surface area contributed by atoms with Gasteiger partial charge in [-0.3, -0.25) is 0 Å². The Bertz CT molecular complexity index is 1900. The van der Waals surface area contributed by atoms with E-state index in [9.17, 15) is 0 Å². The predicted octanol–water partition coefficient (Wildman–Crippen LogP) is 9.88. The van der Waals surface area contributed by atoms with E-state index in [1.54, 1.807) is 0 Å². The molecule has 1 aliphatic rings. The van der Waals surface area contributed by atoms with E-state index >= 15 is 0 Å². The average molecular weight is 449 g/mol. The fraction of sp³-hybridized carbons (Fsp3) is 0. The molecule has 0 aliphatic heterocycles. The molecule has 0 nitrogen and oxygen atoms in total. The van der Waals surface area contributed by atoms with Crippen LogP contribution in [0, 0.1) is 0 Å². The predicted molar refractivity (Wildman–Crippen MR) is 139 cm³/mol. The molecule has 0 unspecified atom stereocenters. The highest BCUT2D eigenvalue weighted by Gasteiger charge is 2.25. The van der Waals surface area contributed by atoms with Crippen molar-refractivity contribution in [2.45, 2.75) is 0 Å². The monoisotopic (exact) mass is 448 g/mol. The highest BCUT2D eigenvalue weighted by molar-refractivity contribution is 7.34. The number of halogens is 1. The van der Waals surface area contributed by atoms with Crippen LogP contribution in [0.4, 0.5) is 0 Å². The summed E-state index contributed by atoms with van der Waals surface area (Å²) in [6, 6.07) is 28.7. The second-order valence-corrected chi connectivity index (χ2v) is 10.7. The van der Waals surface area contributed by atoms with Crippen LogP contribution in [0.2, 0.25) is 5.02 Å². The van der Waals surface area contributed by atoms with Gasteiger partial charge in [0.05, 0.1) is 9.40 Å². The van der Waals surface area contributed by atoms with Gasteiger partial charge in [-0.05, 0) is 57.3 Å². The topological polar surface area (TPSA) is 0 Å². The molecule has 0 atom stereocenters. The summed E-state index contributed by atoms with van der Waals surface area (Å²) in [6.07, 6.45) is 0. The zero-order valence-electron chi connectivity index (χ0n) is 16.2. The molecule has 0 saturated carbocycles. The van der Waals surface area contributed by atoms with Crippen molar-refractivity contribution in [2.24, 2.45) is 0 Å². The van der Waals surface area contributed by atoms with Crippen LogP contribution < -0.4 is 0 Å². The van der Waals surface area contributed by atoms with Crippen LogP contribution in [0.3, 0.4) is 0 Å². The van der Waals surface area contributed by atoms with Crippen molar-refractivity contribution < 1.29 is 0 Å². The first-order valence-corrected chi connectivity index (χ1v) is 12.3. The minimum atomic E-state index is 0.785. The maximum absolute atomic E-state index is 6.49. The summed E-state index contributed by atoms with van der Waals surface area (Å²) in [6.45, 7) is 0. The summed E-state index contributed by atoms with van der Waals surface area (Å²) >= 11 is 10.4. The van der Waals surface area contributed by atoms with Crippen LogP contribution >= 0.6 is 34.3 Å². The van der Waals surface area contributed by atoms with Crippen LogP contribution in [0.1, 0.15) is 0 Å². The van der Waals surface area contributed by atoms with Crippen LogP contribution in [0.15, 0.2) is 78.9 Å². The molecule has 8 rings (SSSR count). The summed E-state index contributed by atoms with van der Waals surface area (Å²) in [7, 11) is 0. The molecule has 3 heteroatoms. The first-order valence-electron chi connectivity index (χ1n) is 10.3. The third kappa shape index (κ3) is 1.97. The lowest BCUT2D eigenvalue weighted by molar-refractivity contribution is 1.65. The van der Waals surface area contributed by atoms with Crippen molar-refractivity contribution in [3.8, 4) is 22.3 Å². The van der Waals surface area contributed by atoms with E-state index in [2.05, 4.69) is 72.8 Å². The molecular weight excluding hydrogens is 436 g/mol. The molecule has 0 spiro atoms. The van der Waals surface area contributed by atoms with Crippen LogP contribution in [-0.4, -0.2) is 0 Å². The van der Waals surface area contributed by atoms with E-state index in [0.29, 0.717) is 0 Å². The molecule has 2 aromatic heterocycles. The average Bonchev–Trinajstić information content (AvgIpc) is 3.34. The number of hydrogen-bond acceptors (Lipinski definition) is 2. The minimum Gasteiger partial charge on any atom is -0.134 e. The van der Waals surface area contributed by atoms with Gasteiger partial charge in [0.15, 0.2) is 0 Å². The first kappa shape index (κ1) is 16.7. The molecule has 144 valence electrons. The highest BCUT2D eigenvalue weighted by atomic mass is 35.5. The van der Waals surface area contributed by atoms with Crippen molar-refractivity contribution in [1.29, 1.82) is 0 Å². The summed E-state index contributed by atoms with van der Waals surface area (Å²) in [5.41, 5.74) is 5.10. The molecule has 0 bridgehead atoms. The van der Waals surface area contributed by atoms with Gasteiger partial charge in [0.2, 0.25) is 0 Å². The van der Waals surface area contributed by atoms with Gasteiger partial charge in [-0.15, -0.1) is 22.7 Å². The Kier molecular flexibility index (Phi) is 3.06. The molecule has 5 aromatic carbocycles. The summed E-state index contributed by atoms with van der Waals surface area (Å²) in [5, 5.41) is 9.07. The quantitative estimate of drug-likeness (QED) is 0.216. The van der Waals surface area contributed by atoms with Crippen molar-refractivity contribution in [2.75, 3.05) is 0 Å². The van der Waals surface area contributed by atoms with Crippen LogP contribution in [0.25, 0.3) is 73.4 Å². The fourth-order valence-electron chi connectivity index (χ4n) is 5.47. The Morgan fingerprint density at radius 1 is 0.484 bits per heavy atom. The van der Waals surface area contributed by atoms with Gasteiger partial charge in [-0.25, -0.2) is 0 Å². The third-order valence-electron chi connectivity index (χ3n) is 6.66. The number of rotatable bonds is 0. The van der Waals surface area contributed by atoms with Gasteiger partial charge in [0.25, 0.3) is 0 Å². The van der Waals surface area contributed by atoms with Gasteiger partial charge < -0.3 is 0 Å². The minimum absolute atomic E-state index is 0.785. The van der Waals surface area contributed by atoms with Gasteiger partial charge >= 0.3 is 0 Å². The maximum atomic E-state index is 6.49. The van der Waals surface area contributed by atoms with Gasteiger partial charge in [0.1, 0.15) is 0 Å². The molecule has 0 saturated heterocycles. The second-order valence-electron chi connectivity index (χ2n) is 8.21. The Morgan fingerprint density at radius 3 is 2.13 bits per heavy atom. The zero-order valence-corrected chi connectivity index (χ0v) is 18.6. The Morgan fingerprint density at radius 2 is 1.19 bits per heavy atom. The van der Waals surface area contributed by atoms with Crippen molar-refractivity contribution in [3.63, 3.8) is 0 Å². The molecule has 0 fully saturated rings. The summed E-state index contributed by atoms with van der Waals surface area (Å²) in [4.78, 5) is 0. The Hall–Kier alpha value is -2.91. The van der Waals surface area contributed by atoms with E-state index in [1.807, 2.05) is 28.7 Å². The van der Waals surface area contributed by atoms with Gasteiger partial charge in [-0.1, -0.05) is 66.2 Å². The van der Waals surface area contributed by atoms with Crippen molar-refractivity contribution >= 4 is 85.4 Å². The molecule has 2 heterocycles.